The topological polar surface area (TPSA) is 47.9 Å². The Balaban J connectivity index is 2.29. The Labute approximate surface area is 102 Å². The Hall–Kier alpha value is -2.01. The molecule has 0 N–H and O–H groups in total. The highest BCUT2D eigenvalue weighted by molar-refractivity contribution is 7.13. The lowest BCUT2D eigenvalue weighted by molar-refractivity contribution is 0.399. The maximum atomic E-state index is 5.27. The summed E-state index contributed by atoms with van der Waals surface area (Å²) in [5.41, 5.74) is 2.14. The third-order valence-electron chi connectivity index (χ3n) is 2.36. The van der Waals surface area contributed by atoms with Gasteiger partial charge in [-0.15, -0.1) is 11.3 Å². The largest absolute Gasteiger partial charge is 0.479 e. The summed E-state index contributed by atoms with van der Waals surface area (Å²) >= 11 is 1.61. The van der Waals surface area contributed by atoms with E-state index in [9.17, 15) is 0 Å². The average Bonchev–Trinajstić information content (AvgIpc) is 2.91. The molecule has 0 saturated carbocycles. The van der Waals surface area contributed by atoms with E-state index in [2.05, 4.69) is 15.0 Å². The van der Waals surface area contributed by atoms with E-state index in [1.54, 1.807) is 24.6 Å². The lowest BCUT2D eigenvalue weighted by Gasteiger charge is -2.05. The minimum atomic E-state index is 0.513. The second-order valence-corrected chi connectivity index (χ2v) is 4.35. The van der Waals surface area contributed by atoms with Crippen LogP contribution in [0.4, 0.5) is 0 Å². The van der Waals surface area contributed by atoms with Crippen LogP contribution in [0.25, 0.3) is 21.7 Å². The van der Waals surface area contributed by atoms with E-state index in [4.69, 9.17) is 4.74 Å². The van der Waals surface area contributed by atoms with Gasteiger partial charge in [0.2, 0.25) is 5.88 Å². The van der Waals surface area contributed by atoms with Crippen molar-refractivity contribution in [3.8, 4) is 16.5 Å². The molecule has 0 amide bonds. The van der Waals surface area contributed by atoms with Gasteiger partial charge < -0.3 is 4.74 Å². The quantitative estimate of drug-likeness (QED) is 0.694. The van der Waals surface area contributed by atoms with Crippen LogP contribution in [0.1, 0.15) is 0 Å². The Morgan fingerprint density at radius 2 is 2.12 bits per heavy atom. The molecule has 0 aromatic carbocycles. The first-order chi connectivity index (χ1) is 8.38. The number of ether oxygens (including phenoxy) is 1. The van der Waals surface area contributed by atoms with Crippen LogP contribution in [0, 0.1) is 0 Å². The van der Waals surface area contributed by atoms with E-state index < -0.39 is 0 Å². The Morgan fingerprint density at radius 3 is 2.88 bits per heavy atom. The van der Waals surface area contributed by atoms with Crippen molar-refractivity contribution in [2.24, 2.45) is 0 Å². The number of methoxy groups -OCH3 is 1. The predicted molar refractivity (Wildman–Crippen MR) is 67.2 cm³/mol. The lowest BCUT2D eigenvalue weighted by Crippen LogP contribution is -1.96. The zero-order valence-corrected chi connectivity index (χ0v) is 9.94. The maximum absolute atomic E-state index is 5.27. The fourth-order valence-corrected chi connectivity index (χ4v) is 2.30. The van der Waals surface area contributed by atoms with Crippen molar-refractivity contribution in [3.05, 3.63) is 35.8 Å². The van der Waals surface area contributed by atoms with Gasteiger partial charge in [0.15, 0.2) is 5.65 Å². The molecule has 0 bridgehead atoms. The van der Waals surface area contributed by atoms with Crippen LogP contribution < -0.4 is 4.74 Å². The Bertz CT molecular complexity index is 652. The number of pyridine rings is 1. The molecule has 3 aromatic heterocycles. The molecule has 0 radical (unpaired) electrons. The van der Waals surface area contributed by atoms with Crippen LogP contribution in [-0.2, 0) is 0 Å². The molecule has 17 heavy (non-hydrogen) atoms. The van der Waals surface area contributed by atoms with Crippen molar-refractivity contribution < 1.29 is 4.74 Å². The maximum Gasteiger partial charge on any atom is 0.243 e. The Kier molecular flexibility index (Phi) is 2.45. The van der Waals surface area contributed by atoms with E-state index >= 15 is 0 Å². The molecule has 0 aliphatic heterocycles. The number of hydrogen-bond donors (Lipinski definition) is 0. The third kappa shape index (κ3) is 1.74. The summed E-state index contributed by atoms with van der Waals surface area (Å²) in [4.78, 5) is 14.1. The van der Waals surface area contributed by atoms with Gasteiger partial charge >= 0.3 is 0 Å². The SMILES string of the molecule is COc1nc2ncccc2nc1-c1cccs1. The molecule has 3 aromatic rings. The first-order valence-electron chi connectivity index (χ1n) is 5.09. The molecule has 0 aliphatic carbocycles. The van der Waals surface area contributed by atoms with Crippen LogP contribution in [-0.4, -0.2) is 22.1 Å². The summed E-state index contributed by atoms with van der Waals surface area (Å²) in [6, 6.07) is 7.72. The van der Waals surface area contributed by atoms with Gasteiger partial charge in [-0.2, -0.15) is 4.98 Å². The summed E-state index contributed by atoms with van der Waals surface area (Å²) in [6.45, 7) is 0. The van der Waals surface area contributed by atoms with Gasteiger partial charge in [0, 0.05) is 6.20 Å². The van der Waals surface area contributed by atoms with Crippen molar-refractivity contribution in [1.29, 1.82) is 0 Å². The number of hydrogen-bond acceptors (Lipinski definition) is 5. The number of nitrogens with zero attached hydrogens (tertiary/aromatic N) is 3. The van der Waals surface area contributed by atoms with Gasteiger partial charge in [0.05, 0.1) is 12.0 Å². The van der Waals surface area contributed by atoms with Crippen LogP contribution in [0.2, 0.25) is 0 Å². The number of fused-ring (bicyclic) bond motifs is 1. The van der Waals surface area contributed by atoms with Crippen molar-refractivity contribution in [1.82, 2.24) is 15.0 Å². The fraction of sp³-hybridized carbons (Fsp3) is 0.0833. The molecular weight excluding hydrogens is 234 g/mol. The molecule has 0 spiro atoms. The van der Waals surface area contributed by atoms with Crippen LogP contribution in [0.5, 0.6) is 5.88 Å². The van der Waals surface area contributed by atoms with Gasteiger partial charge in [-0.1, -0.05) is 6.07 Å². The summed E-state index contributed by atoms with van der Waals surface area (Å²) in [7, 11) is 1.59. The van der Waals surface area contributed by atoms with E-state index in [0.29, 0.717) is 11.5 Å². The molecule has 5 heteroatoms. The highest BCUT2D eigenvalue weighted by Gasteiger charge is 2.12. The number of thiophene rings is 1. The van der Waals surface area contributed by atoms with Crippen molar-refractivity contribution in [3.63, 3.8) is 0 Å². The molecular formula is C12H9N3OS. The smallest absolute Gasteiger partial charge is 0.243 e. The van der Waals surface area contributed by atoms with E-state index in [0.717, 1.165) is 16.1 Å². The fourth-order valence-electron chi connectivity index (χ4n) is 1.60. The summed E-state index contributed by atoms with van der Waals surface area (Å²) < 4.78 is 5.27. The zero-order chi connectivity index (χ0) is 11.7. The highest BCUT2D eigenvalue weighted by atomic mass is 32.1. The van der Waals surface area contributed by atoms with Crippen molar-refractivity contribution in [2.45, 2.75) is 0 Å². The molecule has 4 nitrogen and oxygen atoms in total. The standard InChI is InChI=1S/C12H9N3OS/c1-16-12-10(9-5-3-7-17-9)14-8-4-2-6-13-11(8)15-12/h2-7H,1H3. The number of aromatic nitrogens is 3. The minimum absolute atomic E-state index is 0.513. The molecule has 3 rings (SSSR count). The first kappa shape index (κ1) is 10.2. The zero-order valence-electron chi connectivity index (χ0n) is 9.12. The Morgan fingerprint density at radius 1 is 1.18 bits per heavy atom. The van der Waals surface area contributed by atoms with Crippen molar-refractivity contribution >= 4 is 22.5 Å². The van der Waals surface area contributed by atoms with Gasteiger partial charge in [0.25, 0.3) is 0 Å². The second kappa shape index (κ2) is 4.10. The molecule has 0 fully saturated rings. The summed E-state index contributed by atoms with van der Waals surface area (Å²) in [6.07, 6.45) is 1.70. The number of rotatable bonds is 2. The normalized spacial score (nSPS) is 10.6. The van der Waals surface area contributed by atoms with Crippen LogP contribution in [0.3, 0.4) is 0 Å². The van der Waals surface area contributed by atoms with Gasteiger partial charge in [-0.3, -0.25) is 0 Å². The van der Waals surface area contributed by atoms with Crippen LogP contribution >= 0.6 is 11.3 Å². The second-order valence-electron chi connectivity index (χ2n) is 3.40. The predicted octanol–water partition coefficient (Wildman–Crippen LogP) is 2.76. The van der Waals surface area contributed by atoms with Crippen LogP contribution in [0.15, 0.2) is 35.8 Å². The first-order valence-corrected chi connectivity index (χ1v) is 5.97. The summed E-state index contributed by atoms with van der Waals surface area (Å²) in [5.74, 6) is 0.513. The molecule has 0 saturated heterocycles. The van der Waals surface area contributed by atoms with Gasteiger partial charge in [-0.25, -0.2) is 9.97 Å². The highest BCUT2D eigenvalue weighted by Crippen LogP contribution is 2.30. The van der Waals surface area contributed by atoms with E-state index in [1.165, 1.54) is 0 Å². The molecule has 0 atom stereocenters. The third-order valence-corrected chi connectivity index (χ3v) is 3.23. The summed E-state index contributed by atoms with van der Waals surface area (Å²) in [5, 5.41) is 2.00. The molecule has 0 unspecified atom stereocenters. The molecule has 3 heterocycles. The van der Waals surface area contributed by atoms with E-state index in [1.807, 2.05) is 29.6 Å². The monoisotopic (exact) mass is 243 g/mol. The average molecular weight is 243 g/mol. The minimum Gasteiger partial charge on any atom is -0.479 e. The molecule has 84 valence electrons. The van der Waals surface area contributed by atoms with Crippen molar-refractivity contribution in [2.75, 3.05) is 7.11 Å². The lowest BCUT2D eigenvalue weighted by atomic mass is 10.3. The van der Waals surface area contributed by atoms with Gasteiger partial charge in [-0.05, 0) is 23.6 Å². The van der Waals surface area contributed by atoms with Gasteiger partial charge in [0.1, 0.15) is 11.2 Å². The van der Waals surface area contributed by atoms with E-state index in [-0.39, 0.29) is 0 Å². The molecule has 0 aliphatic rings.